The number of ketones is 1. The Balaban J connectivity index is 1.52. The summed E-state index contributed by atoms with van der Waals surface area (Å²) in [7, 11) is 0. The molecule has 0 spiro atoms. The van der Waals surface area contributed by atoms with Crippen molar-refractivity contribution in [2.75, 3.05) is 0 Å². The second-order valence-electron chi connectivity index (χ2n) is 5.16. The van der Waals surface area contributed by atoms with Crippen LogP contribution in [0.2, 0.25) is 0 Å². The van der Waals surface area contributed by atoms with Crippen LogP contribution in [0.4, 0.5) is 0 Å². The van der Waals surface area contributed by atoms with E-state index in [1.165, 1.54) is 19.3 Å². The van der Waals surface area contributed by atoms with E-state index in [2.05, 4.69) is 0 Å². The fourth-order valence-corrected chi connectivity index (χ4v) is 2.94. The molecule has 1 aromatic carbocycles. The van der Waals surface area contributed by atoms with E-state index in [0.717, 1.165) is 12.0 Å². The van der Waals surface area contributed by atoms with Gasteiger partial charge in [0, 0.05) is 12.0 Å². The maximum Gasteiger partial charge on any atom is 0.162 e. The summed E-state index contributed by atoms with van der Waals surface area (Å²) < 4.78 is 5.62. The summed E-state index contributed by atoms with van der Waals surface area (Å²) >= 11 is 0. The molecule has 2 nitrogen and oxygen atoms in total. The number of ether oxygens (including phenoxy) is 1. The molecular weight excluding hydrogens is 212 g/mol. The molecule has 1 saturated carbocycles. The van der Waals surface area contributed by atoms with Crippen LogP contribution in [0.3, 0.4) is 0 Å². The Labute approximate surface area is 102 Å². The van der Waals surface area contributed by atoms with Crippen molar-refractivity contribution in [2.45, 2.75) is 44.3 Å². The van der Waals surface area contributed by atoms with Crippen LogP contribution in [-0.2, 0) is 4.74 Å². The Morgan fingerprint density at radius 1 is 1.24 bits per heavy atom. The van der Waals surface area contributed by atoms with E-state index in [1.807, 2.05) is 30.3 Å². The van der Waals surface area contributed by atoms with Gasteiger partial charge in [0.25, 0.3) is 0 Å². The van der Waals surface area contributed by atoms with Crippen molar-refractivity contribution >= 4 is 5.78 Å². The Morgan fingerprint density at radius 3 is 2.88 bits per heavy atom. The van der Waals surface area contributed by atoms with Crippen LogP contribution < -0.4 is 0 Å². The molecule has 2 heteroatoms. The highest BCUT2D eigenvalue weighted by atomic mass is 16.6. The highest BCUT2D eigenvalue weighted by Crippen LogP contribution is 2.42. The normalized spacial score (nSPS) is 30.7. The zero-order valence-electron chi connectivity index (χ0n) is 9.97. The van der Waals surface area contributed by atoms with Crippen LogP contribution >= 0.6 is 0 Å². The lowest BCUT2D eigenvalue weighted by atomic mass is 9.85. The first-order chi connectivity index (χ1) is 8.34. The second-order valence-corrected chi connectivity index (χ2v) is 5.16. The van der Waals surface area contributed by atoms with Gasteiger partial charge in [-0.1, -0.05) is 36.8 Å². The van der Waals surface area contributed by atoms with E-state index in [-0.39, 0.29) is 5.78 Å². The molecule has 0 unspecified atom stereocenters. The van der Waals surface area contributed by atoms with Gasteiger partial charge in [0.2, 0.25) is 0 Å². The third-order valence-electron chi connectivity index (χ3n) is 3.99. The van der Waals surface area contributed by atoms with Crippen LogP contribution in [0.25, 0.3) is 0 Å². The third kappa shape index (κ3) is 2.42. The first kappa shape index (κ1) is 11.0. The molecule has 3 rings (SSSR count). The van der Waals surface area contributed by atoms with Gasteiger partial charge in [-0.2, -0.15) is 0 Å². The Kier molecular flexibility index (Phi) is 2.98. The minimum absolute atomic E-state index is 0.272. The standard InChI is InChI=1S/C15H18O2/c16-13(11-5-2-1-3-6-11)10-9-12-7-4-8-14-15(12)17-14/h1-3,5-6,12,14-15H,4,7-10H2/t12-,14-,15+/m0/s1. The number of carbonyl (C=O) groups excluding carboxylic acids is 1. The second kappa shape index (κ2) is 4.61. The fraction of sp³-hybridized carbons (Fsp3) is 0.533. The van der Waals surface area contributed by atoms with Gasteiger partial charge in [0.1, 0.15) is 0 Å². The highest BCUT2D eigenvalue weighted by molar-refractivity contribution is 5.95. The topological polar surface area (TPSA) is 29.6 Å². The summed E-state index contributed by atoms with van der Waals surface area (Å²) in [6.07, 6.45) is 6.41. The summed E-state index contributed by atoms with van der Waals surface area (Å²) in [6, 6.07) is 9.60. The fourth-order valence-electron chi connectivity index (χ4n) is 2.94. The molecule has 0 bridgehead atoms. The van der Waals surface area contributed by atoms with Gasteiger partial charge in [0.05, 0.1) is 12.2 Å². The number of fused-ring (bicyclic) bond motifs is 1. The van der Waals surface area contributed by atoms with Crippen molar-refractivity contribution in [3.05, 3.63) is 35.9 Å². The molecule has 90 valence electrons. The largest absolute Gasteiger partial charge is 0.369 e. The van der Waals surface area contributed by atoms with Crippen LogP contribution in [0, 0.1) is 5.92 Å². The molecular formula is C15H18O2. The minimum Gasteiger partial charge on any atom is -0.369 e. The van der Waals surface area contributed by atoms with Gasteiger partial charge in [0.15, 0.2) is 5.78 Å². The minimum atomic E-state index is 0.272. The van der Waals surface area contributed by atoms with Gasteiger partial charge in [-0.15, -0.1) is 0 Å². The van der Waals surface area contributed by atoms with Gasteiger partial charge in [-0.05, 0) is 25.2 Å². The van der Waals surface area contributed by atoms with E-state index in [4.69, 9.17) is 4.74 Å². The number of hydrogen-bond acceptors (Lipinski definition) is 2. The summed E-state index contributed by atoms with van der Waals surface area (Å²) in [6.45, 7) is 0. The average Bonchev–Trinajstić information content (AvgIpc) is 3.16. The van der Waals surface area contributed by atoms with Crippen molar-refractivity contribution in [3.63, 3.8) is 0 Å². The Morgan fingerprint density at radius 2 is 2.06 bits per heavy atom. The molecule has 0 radical (unpaired) electrons. The molecule has 1 saturated heterocycles. The van der Waals surface area contributed by atoms with Gasteiger partial charge < -0.3 is 4.74 Å². The average molecular weight is 230 g/mol. The van der Waals surface area contributed by atoms with E-state index in [9.17, 15) is 4.79 Å². The van der Waals surface area contributed by atoms with Crippen molar-refractivity contribution < 1.29 is 9.53 Å². The van der Waals surface area contributed by atoms with Gasteiger partial charge >= 0.3 is 0 Å². The van der Waals surface area contributed by atoms with E-state index >= 15 is 0 Å². The monoisotopic (exact) mass is 230 g/mol. The number of rotatable bonds is 4. The van der Waals surface area contributed by atoms with E-state index < -0.39 is 0 Å². The predicted octanol–water partition coefficient (Wildman–Crippen LogP) is 3.22. The van der Waals surface area contributed by atoms with Crippen molar-refractivity contribution in [1.82, 2.24) is 0 Å². The quantitative estimate of drug-likeness (QED) is 0.587. The number of Topliss-reactive ketones (excluding diaryl/α,β-unsaturated/α-hetero) is 1. The summed E-state index contributed by atoms with van der Waals surface area (Å²) in [5.74, 6) is 0.898. The van der Waals surface area contributed by atoms with E-state index in [0.29, 0.717) is 24.5 Å². The van der Waals surface area contributed by atoms with Crippen molar-refractivity contribution in [2.24, 2.45) is 5.92 Å². The number of epoxide rings is 1. The number of carbonyl (C=O) groups is 1. The molecule has 17 heavy (non-hydrogen) atoms. The molecule has 0 amide bonds. The van der Waals surface area contributed by atoms with Crippen LogP contribution in [0.15, 0.2) is 30.3 Å². The SMILES string of the molecule is O=C(CC[C@@H]1CCC[C@@H]2O[C@H]12)c1ccccc1. The van der Waals surface area contributed by atoms with Crippen molar-refractivity contribution in [3.8, 4) is 0 Å². The lowest BCUT2D eigenvalue weighted by Crippen LogP contribution is -2.17. The summed E-state index contributed by atoms with van der Waals surface area (Å²) in [4.78, 5) is 12.0. The molecule has 0 aromatic heterocycles. The zero-order valence-corrected chi connectivity index (χ0v) is 9.97. The molecule has 0 N–H and O–H groups in total. The first-order valence-electron chi connectivity index (χ1n) is 6.58. The predicted molar refractivity (Wildman–Crippen MR) is 66.0 cm³/mol. The van der Waals surface area contributed by atoms with Gasteiger partial charge in [-0.3, -0.25) is 4.79 Å². The first-order valence-corrected chi connectivity index (χ1v) is 6.58. The maximum absolute atomic E-state index is 12.0. The molecule has 2 aliphatic rings. The molecule has 2 fully saturated rings. The Hall–Kier alpha value is -1.15. The highest BCUT2D eigenvalue weighted by Gasteiger charge is 2.46. The maximum atomic E-state index is 12.0. The lowest BCUT2D eigenvalue weighted by molar-refractivity contribution is 0.0970. The van der Waals surface area contributed by atoms with Crippen molar-refractivity contribution in [1.29, 1.82) is 0 Å². The molecule has 3 atom stereocenters. The Bertz CT molecular complexity index is 399. The van der Waals surface area contributed by atoms with Crippen LogP contribution in [0.5, 0.6) is 0 Å². The smallest absolute Gasteiger partial charge is 0.162 e. The third-order valence-corrected chi connectivity index (χ3v) is 3.99. The number of hydrogen-bond donors (Lipinski definition) is 0. The molecule has 1 aliphatic carbocycles. The lowest BCUT2D eigenvalue weighted by Gasteiger charge is -2.17. The number of benzene rings is 1. The molecule has 1 aliphatic heterocycles. The van der Waals surface area contributed by atoms with Gasteiger partial charge in [-0.25, -0.2) is 0 Å². The summed E-state index contributed by atoms with van der Waals surface area (Å²) in [5, 5.41) is 0. The zero-order chi connectivity index (χ0) is 11.7. The summed E-state index contributed by atoms with van der Waals surface area (Å²) in [5.41, 5.74) is 0.844. The molecule has 1 heterocycles. The van der Waals surface area contributed by atoms with Crippen LogP contribution in [0.1, 0.15) is 42.5 Å². The van der Waals surface area contributed by atoms with Crippen LogP contribution in [-0.4, -0.2) is 18.0 Å². The van der Waals surface area contributed by atoms with E-state index in [1.54, 1.807) is 0 Å². The molecule has 1 aromatic rings.